The fourth-order valence-electron chi connectivity index (χ4n) is 4.97. The monoisotopic (exact) mass is 558 g/mol. The second-order valence-electron chi connectivity index (χ2n) is 10.2. The van der Waals surface area contributed by atoms with Crippen molar-refractivity contribution in [3.63, 3.8) is 0 Å². The fourth-order valence-corrected chi connectivity index (χ4v) is 4.97. The molecule has 41 heavy (non-hydrogen) atoms. The maximum Gasteiger partial charge on any atom is 0.258 e. The molecule has 3 aliphatic rings. The summed E-state index contributed by atoms with van der Waals surface area (Å²) in [6.07, 6.45) is 4.71. The van der Waals surface area contributed by atoms with Crippen LogP contribution < -0.4 is 24.8 Å². The number of pyridine rings is 1. The van der Waals surface area contributed by atoms with E-state index in [1.807, 2.05) is 42.5 Å². The first-order valence-electron chi connectivity index (χ1n) is 13.7. The number of aromatic nitrogens is 1. The Hall–Kier alpha value is -4.60. The molecular weight excluding hydrogens is 524 g/mol. The molecule has 0 saturated carbocycles. The highest BCUT2D eigenvalue weighted by molar-refractivity contribution is 5.79. The number of carbonyl (C=O) groups excluding carboxylic acids is 3. The summed E-state index contributed by atoms with van der Waals surface area (Å²) >= 11 is 0. The van der Waals surface area contributed by atoms with Gasteiger partial charge in [0.05, 0.1) is 19.7 Å². The number of fused-ring (bicyclic) bond motifs is 9. The molecule has 0 radical (unpaired) electrons. The van der Waals surface area contributed by atoms with Crippen molar-refractivity contribution in [1.29, 1.82) is 0 Å². The van der Waals surface area contributed by atoms with Crippen molar-refractivity contribution < 1.29 is 28.6 Å². The molecule has 4 heterocycles. The molecule has 10 nitrogen and oxygen atoms in total. The molecule has 3 amide bonds. The van der Waals surface area contributed by atoms with Crippen LogP contribution in [0.5, 0.6) is 17.2 Å². The third-order valence-corrected chi connectivity index (χ3v) is 7.24. The number of carbonyl (C=O) groups is 3. The van der Waals surface area contributed by atoms with Crippen LogP contribution in [0.1, 0.15) is 29.5 Å². The summed E-state index contributed by atoms with van der Waals surface area (Å²) in [5, 5.41) is 5.96. The van der Waals surface area contributed by atoms with E-state index in [0.29, 0.717) is 56.1 Å². The Morgan fingerprint density at radius 2 is 1.88 bits per heavy atom. The lowest BCUT2D eigenvalue weighted by molar-refractivity contribution is -0.130. The van der Waals surface area contributed by atoms with Gasteiger partial charge in [-0.05, 0) is 59.9 Å². The zero-order chi connectivity index (χ0) is 28.6. The minimum atomic E-state index is -0.407. The Balaban J connectivity index is 1.32. The number of ether oxygens (including phenoxy) is 3. The van der Waals surface area contributed by atoms with Crippen LogP contribution in [0.3, 0.4) is 0 Å². The smallest absolute Gasteiger partial charge is 0.258 e. The molecule has 2 N–H and O–H groups in total. The second kappa shape index (κ2) is 13.2. The van der Waals surface area contributed by atoms with Crippen LogP contribution in [0, 0.1) is 0 Å². The fraction of sp³-hybridized carbons (Fsp3) is 0.355. The third kappa shape index (κ3) is 7.53. The van der Waals surface area contributed by atoms with Gasteiger partial charge in [0, 0.05) is 38.3 Å². The highest BCUT2D eigenvalue weighted by atomic mass is 16.5. The largest absolute Gasteiger partial charge is 0.493 e. The average molecular weight is 559 g/mol. The Morgan fingerprint density at radius 1 is 1.05 bits per heavy atom. The van der Waals surface area contributed by atoms with Crippen LogP contribution in [0.4, 0.5) is 0 Å². The zero-order valence-corrected chi connectivity index (χ0v) is 23.0. The standard InChI is InChI=1S/C31H34N4O6/c1-39-26-11-6-21-7-12-29(36)34-25-18-35(31(38)13-8-22-3-2-14-32-16-22)19-28(25)41-24-9-4-23(5-10-24)17-33-30(37)20-40-27(26)15-21/h2-6,9-11,14-16,25,28H,7-8,12-13,17-20H2,1H3,(H,33,37)(H,34,36)/t25-,28-/m0/s1. The summed E-state index contributed by atoms with van der Waals surface area (Å²) in [6, 6.07) is 16.3. The number of nitrogens with zero attached hydrogens (tertiary/aromatic N) is 2. The van der Waals surface area contributed by atoms with E-state index in [0.717, 1.165) is 16.7 Å². The molecule has 0 spiro atoms. The van der Waals surface area contributed by atoms with Crippen molar-refractivity contribution in [2.24, 2.45) is 0 Å². The molecule has 6 rings (SSSR count). The summed E-state index contributed by atoms with van der Waals surface area (Å²) < 4.78 is 17.4. The molecule has 0 unspecified atom stereocenters. The van der Waals surface area contributed by atoms with Gasteiger partial charge in [0.25, 0.3) is 5.91 Å². The molecule has 3 aliphatic heterocycles. The first-order chi connectivity index (χ1) is 20.0. The van der Waals surface area contributed by atoms with Crippen molar-refractivity contribution >= 4 is 17.7 Å². The van der Waals surface area contributed by atoms with Gasteiger partial charge in [-0.3, -0.25) is 19.4 Å². The quantitative estimate of drug-likeness (QED) is 0.505. The van der Waals surface area contributed by atoms with Crippen LogP contribution in [-0.2, 0) is 33.8 Å². The number of benzene rings is 2. The average Bonchev–Trinajstić information content (AvgIpc) is 3.39. The number of amides is 3. The van der Waals surface area contributed by atoms with E-state index in [1.165, 1.54) is 7.11 Å². The highest BCUT2D eigenvalue weighted by Crippen LogP contribution is 2.29. The zero-order valence-electron chi connectivity index (χ0n) is 23.0. The molecule has 3 aromatic rings. The van der Waals surface area contributed by atoms with Gasteiger partial charge >= 0.3 is 0 Å². The van der Waals surface area contributed by atoms with Crippen LogP contribution in [-0.4, -0.2) is 66.6 Å². The van der Waals surface area contributed by atoms with Crippen molar-refractivity contribution in [2.75, 3.05) is 26.8 Å². The highest BCUT2D eigenvalue weighted by Gasteiger charge is 2.37. The van der Waals surface area contributed by atoms with Gasteiger partial charge < -0.3 is 29.7 Å². The lowest BCUT2D eigenvalue weighted by atomic mass is 10.1. The van der Waals surface area contributed by atoms with Crippen LogP contribution in [0.15, 0.2) is 67.0 Å². The molecular formula is C31H34N4O6. The number of rotatable bonds is 4. The van der Waals surface area contributed by atoms with E-state index in [9.17, 15) is 14.4 Å². The number of hydrogen-bond acceptors (Lipinski definition) is 7. The lowest BCUT2D eigenvalue weighted by Gasteiger charge is -2.21. The summed E-state index contributed by atoms with van der Waals surface area (Å²) in [4.78, 5) is 44.4. The second-order valence-corrected chi connectivity index (χ2v) is 10.2. The third-order valence-electron chi connectivity index (χ3n) is 7.24. The van der Waals surface area contributed by atoms with E-state index in [2.05, 4.69) is 15.6 Å². The molecule has 2 aromatic carbocycles. The first-order valence-corrected chi connectivity index (χ1v) is 13.7. The lowest BCUT2D eigenvalue weighted by Crippen LogP contribution is -2.45. The van der Waals surface area contributed by atoms with Gasteiger partial charge in [-0.15, -0.1) is 0 Å². The summed E-state index contributed by atoms with van der Waals surface area (Å²) in [6.45, 7) is 0.907. The van der Waals surface area contributed by atoms with Gasteiger partial charge in [-0.2, -0.15) is 0 Å². The normalized spacial score (nSPS) is 19.4. The number of methoxy groups -OCH3 is 1. The molecule has 1 saturated heterocycles. The Kier molecular flexibility index (Phi) is 8.98. The predicted molar refractivity (Wildman–Crippen MR) is 151 cm³/mol. The van der Waals surface area contributed by atoms with E-state index in [4.69, 9.17) is 14.2 Å². The molecule has 4 bridgehead atoms. The van der Waals surface area contributed by atoms with Crippen LogP contribution in [0.25, 0.3) is 0 Å². The molecule has 1 fully saturated rings. The van der Waals surface area contributed by atoms with Gasteiger partial charge in [0.15, 0.2) is 18.1 Å². The van der Waals surface area contributed by atoms with Gasteiger partial charge in [-0.1, -0.05) is 24.3 Å². The van der Waals surface area contributed by atoms with Gasteiger partial charge in [0.2, 0.25) is 11.8 Å². The first kappa shape index (κ1) is 27.9. The topological polar surface area (TPSA) is 119 Å². The van der Waals surface area contributed by atoms with Crippen molar-refractivity contribution in [3.05, 3.63) is 83.7 Å². The minimum Gasteiger partial charge on any atom is -0.493 e. The molecule has 0 aliphatic carbocycles. The molecule has 214 valence electrons. The number of nitrogens with one attached hydrogen (secondary N) is 2. The van der Waals surface area contributed by atoms with Crippen LogP contribution in [0.2, 0.25) is 0 Å². The van der Waals surface area contributed by atoms with Crippen molar-refractivity contribution in [3.8, 4) is 17.2 Å². The SMILES string of the molecule is COc1ccc2cc1OCC(=O)NCc1ccc(cc1)O[C@H]1CN(C(=O)CCc3cccnc3)C[C@@H]1NC(=O)CC2. The van der Waals surface area contributed by atoms with Gasteiger partial charge in [-0.25, -0.2) is 0 Å². The van der Waals surface area contributed by atoms with E-state index >= 15 is 0 Å². The Bertz CT molecular complexity index is 1360. The maximum absolute atomic E-state index is 13.1. The Morgan fingerprint density at radius 3 is 2.66 bits per heavy atom. The Labute approximate surface area is 239 Å². The maximum atomic E-state index is 13.1. The van der Waals surface area contributed by atoms with E-state index in [-0.39, 0.29) is 36.8 Å². The summed E-state index contributed by atoms with van der Waals surface area (Å²) in [5.74, 6) is 1.17. The number of likely N-dealkylation sites (tertiary alicyclic amines) is 1. The number of aryl methyl sites for hydroxylation is 2. The van der Waals surface area contributed by atoms with Gasteiger partial charge in [0.1, 0.15) is 11.9 Å². The predicted octanol–water partition coefficient (Wildman–Crippen LogP) is 2.44. The van der Waals surface area contributed by atoms with E-state index < -0.39 is 6.10 Å². The van der Waals surface area contributed by atoms with Crippen molar-refractivity contribution in [2.45, 2.75) is 44.4 Å². The van der Waals surface area contributed by atoms with Crippen molar-refractivity contribution in [1.82, 2.24) is 20.5 Å². The minimum absolute atomic E-state index is 0.00510. The van der Waals surface area contributed by atoms with E-state index in [1.54, 1.807) is 29.4 Å². The summed E-state index contributed by atoms with van der Waals surface area (Å²) in [5.41, 5.74) is 2.77. The molecule has 2 atom stereocenters. The summed E-state index contributed by atoms with van der Waals surface area (Å²) in [7, 11) is 1.54. The molecule has 10 heteroatoms. The number of hydrogen-bond donors (Lipinski definition) is 2. The van der Waals surface area contributed by atoms with Crippen LogP contribution >= 0.6 is 0 Å². The molecule has 1 aromatic heterocycles.